The van der Waals surface area contributed by atoms with Gasteiger partial charge >= 0.3 is 0 Å². The van der Waals surface area contributed by atoms with Crippen LogP contribution in [0.4, 0.5) is 0 Å². The fourth-order valence-corrected chi connectivity index (χ4v) is 2.32. The predicted molar refractivity (Wildman–Crippen MR) is 59.2 cm³/mol. The molecule has 0 saturated carbocycles. The second-order valence-corrected chi connectivity index (χ2v) is 4.16. The second kappa shape index (κ2) is 4.03. The summed E-state index contributed by atoms with van der Waals surface area (Å²) in [5.74, 6) is 5.06. The Balaban J connectivity index is 2.38. The first kappa shape index (κ1) is 10.2. The number of fused-ring (bicyclic) bond motifs is 1. The van der Waals surface area contributed by atoms with Gasteiger partial charge in [0.25, 0.3) is 0 Å². The first-order valence-corrected chi connectivity index (χ1v) is 5.32. The minimum absolute atomic E-state index is 0.0562. The number of carbonyl (C=O) groups is 1. The fourth-order valence-electron chi connectivity index (χ4n) is 2.32. The zero-order chi connectivity index (χ0) is 10.8. The molecule has 3 N–H and O–H groups in total. The largest absolute Gasteiger partial charge is 0.294 e. The Kier molecular flexibility index (Phi) is 2.73. The zero-order valence-corrected chi connectivity index (χ0v) is 8.92. The molecule has 0 fully saturated rings. The molecule has 1 atom stereocenters. The van der Waals surface area contributed by atoms with Gasteiger partial charge in [0.05, 0.1) is 5.92 Å². The molecular formula is C12H16N2O. The molecule has 0 heterocycles. The van der Waals surface area contributed by atoms with E-state index in [1.807, 2.05) is 0 Å². The monoisotopic (exact) mass is 204 g/mol. The number of hydrogen-bond donors (Lipinski definition) is 2. The van der Waals surface area contributed by atoms with Gasteiger partial charge in [0.2, 0.25) is 5.91 Å². The molecule has 0 aromatic heterocycles. The number of aryl methyl sites for hydroxylation is 2. The number of nitrogens with one attached hydrogen (secondary N) is 1. The lowest BCUT2D eigenvalue weighted by atomic mass is 9.82. The number of amides is 1. The minimum Gasteiger partial charge on any atom is -0.294 e. The minimum atomic E-state index is -0.0696. The lowest BCUT2D eigenvalue weighted by molar-refractivity contribution is -0.122. The van der Waals surface area contributed by atoms with E-state index in [4.69, 9.17) is 5.84 Å². The average molecular weight is 204 g/mol. The highest BCUT2D eigenvalue weighted by molar-refractivity contribution is 5.83. The van der Waals surface area contributed by atoms with Gasteiger partial charge < -0.3 is 0 Å². The van der Waals surface area contributed by atoms with E-state index in [-0.39, 0.29) is 11.8 Å². The maximum atomic E-state index is 11.6. The number of rotatable bonds is 1. The first-order valence-electron chi connectivity index (χ1n) is 5.32. The quantitative estimate of drug-likeness (QED) is 0.413. The van der Waals surface area contributed by atoms with E-state index in [1.165, 1.54) is 11.1 Å². The highest BCUT2D eigenvalue weighted by atomic mass is 16.2. The highest BCUT2D eigenvalue weighted by Crippen LogP contribution is 2.32. The second-order valence-electron chi connectivity index (χ2n) is 4.16. The normalized spacial score (nSPS) is 19.5. The molecule has 15 heavy (non-hydrogen) atoms. The van der Waals surface area contributed by atoms with Crippen molar-refractivity contribution in [1.82, 2.24) is 5.43 Å². The van der Waals surface area contributed by atoms with Gasteiger partial charge in [0.1, 0.15) is 0 Å². The summed E-state index contributed by atoms with van der Waals surface area (Å²) in [6, 6.07) is 6.29. The van der Waals surface area contributed by atoms with Crippen LogP contribution in [0, 0.1) is 6.92 Å². The van der Waals surface area contributed by atoms with Crippen LogP contribution in [0.5, 0.6) is 0 Å². The molecule has 1 aromatic rings. The van der Waals surface area contributed by atoms with Crippen LogP contribution in [-0.4, -0.2) is 5.91 Å². The van der Waals surface area contributed by atoms with Crippen LogP contribution in [-0.2, 0) is 11.2 Å². The van der Waals surface area contributed by atoms with Crippen molar-refractivity contribution in [3.63, 3.8) is 0 Å². The van der Waals surface area contributed by atoms with Gasteiger partial charge in [-0.1, -0.05) is 23.8 Å². The summed E-state index contributed by atoms with van der Waals surface area (Å²) in [7, 11) is 0. The van der Waals surface area contributed by atoms with Gasteiger partial charge in [-0.3, -0.25) is 10.2 Å². The summed E-state index contributed by atoms with van der Waals surface area (Å²) in [6.07, 6.45) is 3.04. The molecule has 3 heteroatoms. The van der Waals surface area contributed by atoms with E-state index < -0.39 is 0 Å². The zero-order valence-electron chi connectivity index (χ0n) is 8.92. The molecule has 1 unspecified atom stereocenters. The Hall–Kier alpha value is -1.35. The van der Waals surface area contributed by atoms with Crippen LogP contribution in [0.2, 0.25) is 0 Å². The van der Waals surface area contributed by atoms with E-state index in [9.17, 15) is 4.79 Å². The third-order valence-electron chi connectivity index (χ3n) is 3.07. The summed E-state index contributed by atoms with van der Waals surface area (Å²) in [6.45, 7) is 2.08. The van der Waals surface area contributed by atoms with E-state index in [2.05, 4.69) is 30.5 Å². The third kappa shape index (κ3) is 1.88. The van der Waals surface area contributed by atoms with Gasteiger partial charge in [0.15, 0.2) is 0 Å². The van der Waals surface area contributed by atoms with Crippen LogP contribution in [0.25, 0.3) is 0 Å². The molecule has 0 aliphatic heterocycles. The van der Waals surface area contributed by atoms with Crippen molar-refractivity contribution in [3.8, 4) is 0 Å². The van der Waals surface area contributed by atoms with Crippen LogP contribution >= 0.6 is 0 Å². The van der Waals surface area contributed by atoms with E-state index in [0.29, 0.717) is 0 Å². The van der Waals surface area contributed by atoms with Crippen molar-refractivity contribution in [2.24, 2.45) is 5.84 Å². The Morgan fingerprint density at radius 2 is 2.33 bits per heavy atom. The smallest absolute Gasteiger partial charge is 0.241 e. The topological polar surface area (TPSA) is 55.1 Å². The van der Waals surface area contributed by atoms with E-state index in [1.54, 1.807) is 0 Å². The standard InChI is InChI=1S/C12H16N2O/c1-8-5-6-10-9(7-8)3-2-4-11(10)12(15)14-13/h5-7,11H,2-4,13H2,1H3,(H,14,15). The van der Waals surface area contributed by atoms with E-state index >= 15 is 0 Å². The lowest BCUT2D eigenvalue weighted by Gasteiger charge is -2.24. The molecule has 2 rings (SSSR count). The van der Waals surface area contributed by atoms with Crippen LogP contribution < -0.4 is 11.3 Å². The van der Waals surface area contributed by atoms with Crippen molar-refractivity contribution in [2.75, 3.05) is 0 Å². The fraction of sp³-hybridized carbons (Fsp3) is 0.417. The van der Waals surface area contributed by atoms with Crippen molar-refractivity contribution in [3.05, 3.63) is 34.9 Å². The van der Waals surface area contributed by atoms with Gasteiger partial charge in [-0.2, -0.15) is 0 Å². The predicted octanol–water partition coefficient (Wildman–Crippen LogP) is 1.40. The number of nitrogens with two attached hydrogens (primary N) is 1. The van der Waals surface area contributed by atoms with E-state index in [0.717, 1.165) is 24.8 Å². The Bertz CT molecular complexity index is 387. The Morgan fingerprint density at radius 1 is 1.53 bits per heavy atom. The molecule has 1 aliphatic carbocycles. The molecule has 0 bridgehead atoms. The number of carbonyl (C=O) groups excluding carboxylic acids is 1. The van der Waals surface area contributed by atoms with Gasteiger partial charge in [0, 0.05) is 0 Å². The Labute approximate surface area is 89.6 Å². The van der Waals surface area contributed by atoms with Crippen molar-refractivity contribution in [1.29, 1.82) is 0 Å². The molecule has 0 spiro atoms. The molecule has 0 saturated heterocycles. The molecule has 0 radical (unpaired) electrons. The summed E-state index contributed by atoms with van der Waals surface area (Å²) >= 11 is 0. The average Bonchev–Trinajstić information content (AvgIpc) is 2.26. The highest BCUT2D eigenvalue weighted by Gasteiger charge is 2.25. The molecule has 80 valence electrons. The molecular weight excluding hydrogens is 188 g/mol. The number of hydrogen-bond acceptors (Lipinski definition) is 2. The maximum absolute atomic E-state index is 11.6. The molecule has 3 nitrogen and oxygen atoms in total. The summed E-state index contributed by atoms with van der Waals surface area (Å²) < 4.78 is 0. The van der Waals surface area contributed by atoms with Crippen molar-refractivity contribution >= 4 is 5.91 Å². The van der Waals surface area contributed by atoms with Gasteiger partial charge in [-0.15, -0.1) is 0 Å². The van der Waals surface area contributed by atoms with Crippen LogP contribution in [0.3, 0.4) is 0 Å². The molecule has 1 amide bonds. The first-order chi connectivity index (χ1) is 7.22. The third-order valence-corrected chi connectivity index (χ3v) is 3.07. The maximum Gasteiger partial charge on any atom is 0.241 e. The Morgan fingerprint density at radius 3 is 3.07 bits per heavy atom. The number of benzene rings is 1. The SMILES string of the molecule is Cc1ccc2c(c1)CCCC2C(=O)NN. The van der Waals surface area contributed by atoms with Crippen LogP contribution in [0.1, 0.15) is 35.4 Å². The molecule has 1 aromatic carbocycles. The van der Waals surface area contributed by atoms with Crippen LogP contribution in [0.15, 0.2) is 18.2 Å². The van der Waals surface area contributed by atoms with Gasteiger partial charge in [-0.25, -0.2) is 5.84 Å². The van der Waals surface area contributed by atoms with Crippen molar-refractivity contribution < 1.29 is 4.79 Å². The number of hydrazine groups is 1. The van der Waals surface area contributed by atoms with Crippen molar-refractivity contribution in [2.45, 2.75) is 32.1 Å². The summed E-state index contributed by atoms with van der Waals surface area (Å²) in [5, 5.41) is 0. The summed E-state index contributed by atoms with van der Waals surface area (Å²) in [5.41, 5.74) is 5.95. The molecule has 1 aliphatic rings. The van der Waals surface area contributed by atoms with Gasteiger partial charge in [-0.05, 0) is 37.3 Å². The lowest BCUT2D eigenvalue weighted by Crippen LogP contribution is -2.36. The summed E-state index contributed by atoms with van der Waals surface area (Å²) in [4.78, 5) is 11.6.